The van der Waals surface area contributed by atoms with Crippen molar-refractivity contribution in [2.24, 2.45) is 11.8 Å². The molecule has 0 saturated carbocycles. The molecular formula is C19H35N3O5. The Hall–Kier alpha value is -1.67. The van der Waals surface area contributed by atoms with Crippen LogP contribution in [-0.4, -0.2) is 58.2 Å². The summed E-state index contributed by atoms with van der Waals surface area (Å²) in [6, 6.07) is -0.897. The van der Waals surface area contributed by atoms with E-state index in [0.717, 1.165) is 32.1 Å². The molecule has 156 valence electrons. The van der Waals surface area contributed by atoms with Gasteiger partial charge in [-0.15, -0.1) is 0 Å². The van der Waals surface area contributed by atoms with E-state index in [0.29, 0.717) is 13.0 Å². The number of unbranched alkanes of at least 4 members (excludes halogenated alkanes) is 2. The van der Waals surface area contributed by atoms with E-state index < -0.39 is 17.9 Å². The third-order valence-electron chi connectivity index (χ3n) is 5.18. The lowest BCUT2D eigenvalue weighted by Crippen LogP contribution is -2.54. The van der Waals surface area contributed by atoms with E-state index in [-0.39, 0.29) is 36.8 Å². The topological polar surface area (TPSA) is 119 Å². The van der Waals surface area contributed by atoms with E-state index >= 15 is 0 Å². The van der Waals surface area contributed by atoms with Gasteiger partial charge in [0, 0.05) is 18.9 Å². The van der Waals surface area contributed by atoms with Gasteiger partial charge in [0.1, 0.15) is 6.04 Å². The van der Waals surface area contributed by atoms with Crippen LogP contribution in [0, 0.1) is 11.8 Å². The summed E-state index contributed by atoms with van der Waals surface area (Å²) in [6.45, 7) is 6.27. The van der Waals surface area contributed by atoms with E-state index in [1.54, 1.807) is 10.4 Å². The number of aliphatic hydroxyl groups excluding tert-OH is 1. The Bertz CT molecular complexity index is 498. The first-order chi connectivity index (χ1) is 12.8. The van der Waals surface area contributed by atoms with Crippen molar-refractivity contribution in [2.45, 2.75) is 77.8 Å². The van der Waals surface area contributed by atoms with Gasteiger partial charge in [0.25, 0.3) is 0 Å². The highest BCUT2D eigenvalue weighted by atomic mass is 16.5. The first kappa shape index (κ1) is 23.4. The number of rotatable bonds is 11. The van der Waals surface area contributed by atoms with Crippen LogP contribution in [0.25, 0.3) is 0 Å². The molecule has 8 nitrogen and oxygen atoms in total. The second kappa shape index (κ2) is 11.9. The molecule has 0 aromatic carbocycles. The molecule has 8 heteroatoms. The number of nitrogens with one attached hydrogen (secondary N) is 2. The van der Waals surface area contributed by atoms with Crippen molar-refractivity contribution >= 4 is 17.7 Å². The molecule has 1 saturated heterocycles. The minimum atomic E-state index is -0.699. The Kier molecular flexibility index (Phi) is 10.3. The lowest BCUT2D eigenvalue weighted by Gasteiger charge is -2.31. The van der Waals surface area contributed by atoms with E-state index in [4.69, 9.17) is 5.21 Å². The molecular weight excluding hydrogens is 350 g/mol. The van der Waals surface area contributed by atoms with Crippen LogP contribution in [0.2, 0.25) is 0 Å². The predicted octanol–water partition coefficient (Wildman–Crippen LogP) is 1.20. The van der Waals surface area contributed by atoms with Gasteiger partial charge in [-0.05, 0) is 25.2 Å². The lowest BCUT2D eigenvalue weighted by atomic mass is 9.94. The summed E-state index contributed by atoms with van der Waals surface area (Å²) >= 11 is 0. The molecule has 4 N–H and O–H groups in total. The van der Waals surface area contributed by atoms with Crippen molar-refractivity contribution in [3.8, 4) is 0 Å². The summed E-state index contributed by atoms with van der Waals surface area (Å²) in [7, 11) is 0. The normalized spacial score (nSPS) is 19.0. The summed E-state index contributed by atoms with van der Waals surface area (Å²) in [6.07, 6.45) is 4.74. The summed E-state index contributed by atoms with van der Waals surface area (Å²) < 4.78 is 0. The summed E-state index contributed by atoms with van der Waals surface area (Å²) in [5.41, 5.74) is 1.58. The van der Waals surface area contributed by atoms with Crippen LogP contribution < -0.4 is 10.8 Å². The van der Waals surface area contributed by atoms with Gasteiger partial charge in [-0.3, -0.25) is 19.6 Å². The smallest absolute Gasteiger partial charge is 0.245 e. The van der Waals surface area contributed by atoms with Crippen molar-refractivity contribution in [3.63, 3.8) is 0 Å². The molecule has 3 atom stereocenters. The Balaban J connectivity index is 2.82. The van der Waals surface area contributed by atoms with E-state index in [1.165, 1.54) is 0 Å². The largest absolute Gasteiger partial charge is 0.394 e. The van der Waals surface area contributed by atoms with Crippen LogP contribution >= 0.6 is 0 Å². The minimum Gasteiger partial charge on any atom is -0.394 e. The number of hydrogen-bond donors (Lipinski definition) is 4. The molecule has 0 spiro atoms. The summed E-state index contributed by atoms with van der Waals surface area (Å²) in [5, 5.41) is 21.1. The van der Waals surface area contributed by atoms with Crippen molar-refractivity contribution < 1.29 is 24.7 Å². The number of hydroxylamine groups is 1. The Morgan fingerprint density at radius 2 is 1.93 bits per heavy atom. The maximum Gasteiger partial charge on any atom is 0.245 e. The molecule has 1 unspecified atom stereocenters. The zero-order valence-corrected chi connectivity index (χ0v) is 16.7. The van der Waals surface area contributed by atoms with Crippen LogP contribution in [0.15, 0.2) is 0 Å². The number of carbonyl (C=O) groups excluding carboxylic acids is 3. The summed E-state index contributed by atoms with van der Waals surface area (Å²) in [4.78, 5) is 38.9. The molecule has 1 rings (SSSR count). The van der Waals surface area contributed by atoms with Crippen molar-refractivity contribution in [3.05, 3.63) is 0 Å². The Morgan fingerprint density at radius 1 is 1.22 bits per heavy atom. The molecule has 0 radical (unpaired) electrons. The van der Waals surface area contributed by atoms with Crippen LogP contribution in [0.1, 0.15) is 65.7 Å². The number of likely N-dealkylation sites (tertiary alicyclic amines) is 1. The van der Waals surface area contributed by atoms with Crippen molar-refractivity contribution in [1.82, 2.24) is 15.7 Å². The third kappa shape index (κ3) is 7.10. The molecule has 1 fully saturated rings. The molecule has 1 aliphatic rings. The molecule has 3 amide bonds. The maximum absolute atomic E-state index is 12.9. The number of hydrogen-bond acceptors (Lipinski definition) is 5. The lowest BCUT2D eigenvalue weighted by molar-refractivity contribution is -0.141. The van der Waals surface area contributed by atoms with E-state index in [9.17, 15) is 19.5 Å². The first-order valence-corrected chi connectivity index (χ1v) is 10.00. The van der Waals surface area contributed by atoms with Gasteiger partial charge in [-0.1, -0.05) is 40.0 Å². The van der Waals surface area contributed by atoms with Gasteiger partial charge < -0.3 is 15.3 Å². The van der Waals surface area contributed by atoms with Crippen molar-refractivity contribution in [1.29, 1.82) is 0 Å². The molecule has 1 aliphatic heterocycles. The molecule has 0 aliphatic carbocycles. The van der Waals surface area contributed by atoms with E-state index in [2.05, 4.69) is 12.2 Å². The number of carbonyl (C=O) groups is 3. The number of nitrogens with zero attached hydrogens (tertiary/aromatic N) is 1. The maximum atomic E-state index is 12.9. The Labute approximate surface area is 161 Å². The molecule has 27 heavy (non-hydrogen) atoms. The van der Waals surface area contributed by atoms with Gasteiger partial charge in [0.15, 0.2) is 0 Å². The van der Waals surface area contributed by atoms with Gasteiger partial charge in [-0.25, -0.2) is 5.48 Å². The highest BCUT2D eigenvalue weighted by Gasteiger charge is 2.36. The average Bonchev–Trinajstić information content (AvgIpc) is 3.13. The average molecular weight is 386 g/mol. The SMILES string of the molecule is CCCCC[C@H](CC(=O)NO)C(=O)NC(C(=O)N1CCC[C@H]1CO)C(C)C. The van der Waals surface area contributed by atoms with Crippen LogP contribution in [-0.2, 0) is 14.4 Å². The van der Waals surface area contributed by atoms with Gasteiger partial charge in [0.05, 0.1) is 12.6 Å². The monoisotopic (exact) mass is 385 g/mol. The fourth-order valence-electron chi connectivity index (χ4n) is 3.51. The van der Waals surface area contributed by atoms with Gasteiger partial charge >= 0.3 is 0 Å². The second-order valence-electron chi connectivity index (χ2n) is 7.67. The highest BCUT2D eigenvalue weighted by Crippen LogP contribution is 2.21. The minimum absolute atomic E-state index is 0.0825. The zero-order chi connectivity index (χ0) is 20.4. The van der Waals surface area contributed by atoms with Crippen LogP contribution in [0.3, 0.4) is 0 Å². The highest BCUT2D eigenvalue weighted by molar-refractivity contribution is 5.91. The molecule has 0 aromatic heterocycles. The summed E-state index contributed by atoms with van der Waals surface area (Å²) in [5.74, 6) is -1.86. The van der Waals surface area contributed by atoms with Crippen molar-refractivity contribution in [2.75, 3.05) is 13.2 Å². The third-order valence-corrected chi connectivity index (χ3v) is 5.18. The number of aliphatic hydroxyl groups is 1. The standard InChI is InChI=1S/C19H35N3O5/c1-4-5-6-8-14(11-16(24)21-27)18(25)20-17(13(2)3)19(26)22-10-7-9-15(22)12-23/h13-15,17,23,27H,4-12H2,1-3H3,(H,20,25)(H,21,24)/t14-,15+,17?/m1/s1. The first-order valence-electron chi connectivity index (χ1n) is 10.00. The quantitative estimate of drug-likeness (QED) is 0.242. The van der Waals surface area contributed by atoms with Crippen LogP contribution in [0.4, 0.5) is 0 Å². The fourth-order valence-corrected chi connectivity index (χ4v) is 3.51. The molecule has 1 heterocycles. The van der Waals surface area contributed by atoms with Crippen LogP contribution in [0.5, 0.6) is 0 Å². The fraction of sp³-hybridized carbons (Fsp3) is 0.842. The number of amides is 3. The van der Waals surface area contributed by atoms with Gasteiger partial charge in [-0.2, -0.15) is 0 Å². The second-order valence-corrected chi connectivity index (χ2v) is 7.67. The molecule has 0 bridgehead atoms. The zero-order valence-electron chi connectivity index (χ0n) is 16.7. The van der Waals surface area contributed by atoms with Gasteiger partial charge in [0.2, 0.25) is 17.7 Å². The van der Waals surface area contributed by atoms with E-state index in [1.807, 2.05) is 13.8 Å². The Morgan fingerprint density at radius 3 is 2.48 bits per heavy atom. The predicted molar refractivity (Wildman–Crippen MR) is 101 cm³/mol. The molecule has 0 aromatic rings.